The molecule has 0 unspecified atom stereocenters. The van der Waals surface area contributed by atoms with E-state index in [4.69, 9.17) is 4.74 Å². The third-order valence-electron chi connectivity index (χ3n) is 4.38. The number of nitrogens with one attached hydrogen (secondary N) is 1. The first kappa shape index (κ1) is 14.9. The van der Waals surface area contributed by atoms with Crippen LogP contribution in [0.2, 0.25) is 0 Å². The van der Waals surface area contributed by atoms with Crippen LogP contribution in [-0.4, -0.2) is 30.8 Å². The van der Waals surface area contributed by atoms with Gasteiger partial charge in [0.2, 0.25) is 5.91 Å². The highest BCUT2D eigenvalue weighted by Gasteiger charge is 2.32. The van der Waals surface area contributed by atoms with Gasteiger partial charge in [0, 0.05) is 18.0 Å². The van der Waals surface area contributed by atoms with Crippen LogP contribution in [0.5, 0.6) is 5.75 Å². The van der Waals surface area contributed by atoms with Crippen molar-refractivity contribution in [3.63, 3.8) is 0 Å². The van der Waals surface area contributed by atoms with E-state index in [9.17, 15) is 9.90 Å². The number of fused-ring (bicyclic) bond motifs is 1. The first-order valence-electron chi connectivity index (χ1n) is 7.69. The Hall–Kier alpha value is -2.07. The zero-order chi connectivity index (χ0) is 15.5. The third kappa shape index (κ3) is 2.92. The minimum Gasteiger partial charge on any atom is -0.496 e. The number of benzene rings is 2. The number of rotatable bonds is 5. The minimum absolute atomic E-state index is 0.0237. The molecule has 2 aromatic carbocycles. The van der Waals surface area contributed by atoms with Gasteiger partial charge in [0.25, 0.3) is 0 Å². The summed E-state index contributed by atoms with van der Waals surface area (Å²) in [6.07, 6.45) is 1.60. The van der Waals surface area contributed by atoms with Gasteiger partial charge >= 0.3 is 0 Å². The molecular formula is C18H21NO3. The van der Waals surface area contributed by atoms with Crippen molar-refractivity contribution in [3.8, 4) is 5.75 Å². The maximum Gasteiger partial charge on any atom is 0.223 e. The van der Waals surface area contributed by atoms with Crippen molar-refractivity contribution in [1.82, 2.24) is 5.32 Å². The molecule has 0 spiro atoms. The van der Waals surface area contributed by atoms with Crippen LogP contribution in [0.4, 0.5) is 0 Å². The molecule has 2 aromatic rings. The Balaban J connectivity index is 1.69. The van der Waals surface area contributed by atoms with Crippen LogP contribution < -0.4 is 10.1 Å². The normalized spacial score (nSPS) is 20.5. The van der Waals surface area contributed by atoms with Crippen LogP contribution in [0.3, 0.4) is 0 Å². The summed E-state index contributed by atoms with van der Waals surface area (Å²) >= 11 is 0. The number of carbonyl (C=O) groups is 1. The minimum atomic E-state index is -0.297. The number of aliphatic hydroxyl groups excluding tert-OH is 1. The van der Waals surface area contributed by atoms with Gasteiger partial charge < -0.3 is 15.2 Å². The number of carbonyl (C=O) groups excluding carboxylic acids is 1. The van der Waals surface area contributed by atoms with Crippen LogP contribution in [0.25, 0.3) is 10.8 Å². The summed E-state index contributed by atoms with van der Waals surface area (Å²) in [4.78, 5) is 11.9. The fourth-order valence-corrected chi connectivity index (χ4v) is 3.02. The molecule has 1 aliphatic rings. The van der Waals surface area contributed by atoms with E-state index in [0.29, 0.717) is 19.4 Å². The quantitative estimate of drug-likeness (QED) is 0.890. The smallest absolute Gasteiger partial charge is 0.223 e. The molecule has 0 atom stereocenters. The fourth-order valence-electron chi connectivity index (χ4n) is 3.02. The Morgan fingerprint density at radius 3 is 2.77 bits per heavy atom. The zero-order valence-corrected chi connectivity index (χ0v) is 12.7. The topological polar surface area (TPSA) is 58.6 Å². The largest absolute Gasteiger partial charge is 0.496 e. The van der Waals surface area contributed by atoms with Crippen LogP contribution in [0.15, 0.2) is 36.4 Å². The van der Waals surface area contributed by atoms with Crippen molar-refractivity contribution in [2.24, 2.45) is 5.92 Å². The second-order valence-corrected chi connectivity index (χ2v) is 5.83. The van der Waals surface area contributed by atoms with Gasteiger partial charge in [-0.1, -0.05) is 30.3 Å². The van der Waals surface area contributed by atoms with Crippen molar-refractivity contribution in [2.75, 3.05) is 13.7 Å². The van der Waals surface area contributed by atoms with E-state index >= 15 is 0 Å². The van der Waals surface area contributed by atoms with Gasteiger partial charge in [0.05, 0.1) is 13.2 Å². The summed E-state index contributed by atoms with van der Waals surface area (Å²) in [6.45, 7) is 0.579. The first-order valence-corrected chi connectivity index (χ1v) is 7.69. The van der Waals surface area contributed by atoms with E-state index in [2.05, 4.69) is 17.4 Å². The summed E-state index contributed by atoms with van der Waals surface area (Å²) in [6, 6.07) is 12.2. The van der Waals surface area contributed by atoms with E-state index in [1.807, 2.05) is 24.3 Å². The highest BCUT2D eigenvalue weighted by Crippen LogP contribution is 2.29. The molecular weight excluding hydrogens is 278 g/mol. The van der Waals surface area contributed by atoms with E-state index in [-0.39, 0.29) is 17.9 Å². The van der Waals surface area contributed by atoms with E-state index < -0.39 is 0 Å². The number of hydrogen-bond acceptors (Lipinski definition) is 3. The predicted octanol–water partition coefficient (Wildman–Crippen LogP) is 2.28. The lowest BCUT2D eigenvalue weighted by Gasteiger charge is -2.30. The highest BCUT2D eigenvalue weighted by molar-refractivity contribution is 5.88. The molecule has 0 radical (unpaired) electrons. The molecule has 1 amide bonds. The average molecular weight is 299 g/mol. The van der Waals surface area contributed by atoms with E-state index in [1.165, 1.54) is 5.39 Å². The maximum atomic E-state index is 11.9. The van der Waals surface area contributed by atoms with E-state index in [1.54, 1.807) is 7.11 Å². The highest BCUT2D eigenvalue weighted by atomic mass is 16.5. The Labute approximate surface area is 130 Å². The van der Waals surface area contributed by atoms with Gasteiger partial charge in [-0.05, 0) is 36.1 Å². The molecule has 2 N–H and O–H groups in total. The van der Waals surface area contributed by atoms with Crippen LogP contribution in [0, 0.1) is 5.92 Å². The maximum absolute atomic E-state index is 11.9. The van der Waals surface area contributed by atoms with Gasteiger partial charge in [-0.15, -0.1) is 0 Å². The number of ether oxygens (including phenoxy) is 1. The molecule has 4 nitrogen and oxygen atoms in total. The van der Waals surface area contributed by atoms with Crippen molar-refractivity contribution >= 4 is 16.7 Å². The summed E-state index contributed by atoms with van der Waals surface area (Å²) in [7, 11) is 1.67. The summed E-state index contributed by atoms with van der Waals surface area (Å²) < 4.78 is 5.46. The summed E-state index contributed by atoms with van der Waals surface area (Å²) in [5.74, 6) is 0.876. The van der Waals surface area contributed by atoms with Crippen molar-refractivity contribution in [2.45, 2.75) is 25.4 Å². The number of hydrogen-bond donors (Lipinski definition) is 2. The van der Waals surface area contributed by atoms with Gasteiger partial charge in [-0.25, -0.2) is 0 Å². The lowest BCUT2D eigenvalue weighted by atomic mass is 9.82. The summed E-state index contributed by atoms with van der Waals surface area (Å²) in [5, 5.41) is 14.6. The Morgan fingerprint density at radius 2 is 2.05 bits per heavy atom. The molecule has 116 valence electrons. The molecule has 0 saturated heterocycles. The number of amides is 1. The van der Waals surface area contributed by atoms with E-state index in [0.717, 1.165) is 23.1 Å². The van der Waals surface area contributed by atoms with Crippen molar-refractivity contribution in [3.05, 3.63) is 42.0 Å². The molecule has 0 aromatic heterocycles. The van der Waals surface area contributed by atoms with Gasteiger partial charge in [0.15, 0.2) is 0 Å². The molecule has 0 heterocycles. The second kappa shape index (κ2) is 6.36. The predicted molar refractivity (Wildman–Crippen MR) is 85.9 cm³/mol. The molecule has 1 aliphatic carbocycles. The third-order valence-corrected chi connectivity index (χ3v) is 4.38. The Morgan fingerprint density at radius 1 is 1.27 bits per heavy atom. The lowest BCUT2D eigenvalue weighted by molar-refractivity contribution is -0.131. The summed E-state index contributed by atoms with van der Waals surface area (Å²) in [5.41, 5.74) is 1.12. The van der Waals surface area contributed by atoms with Crippen LogP contribution in [0.1, 0.15) is 18.4 Å². The molecule has 0 aliphatic heterocycles. The van der Waals surface area contributed by atoms with Gasteiger partial charge in [0.1, 0.15) is 5.75 Å². The second-order valence-electron chi connectivity index (χ2n) is 5.83. The first-order chi connectivity index (χ1) is 10.7. The standard InChI is InChI=1S/C18H21NO3/c1-22-17-7-6-12-4-2-3-5-15(12)16(17)8-9-19-18(21)13-10-14(20)11-13/h2-7,13-14,20H,8-11H2,1H3,(H,19,21). The number of aliphatic hydroxyl groups is 1. The molecule has 1 saturated carbocycles. The molecule has 4 heteroatoms. The molecule has 0 bridgehead atoms. The van der Waals surface area contributed by atoms with Crippen molar-refractivity contribution < 1.29 is 14.6 Å². The Kier molecular flexibility index (Phi) is 4.29. The SMILES string of the molecule is COc1ccc2ccccc2c1CCNC(=O)C1CC(O)C1. The molecule has 1 fully saturated rings. The monoisotopic (exact) mass is 299 g/mol. The van der Waals surface area contributed by atoms with Crippen LogP contribution in [-0.2, 0) is 11.2 Å². The van der Waals surface area contributed by atoms with Crippen molar-refractivity contribution in [1.29, 1.82) is 0 Å². The number of methoxy groups -OCH3 is 1. The van der Waals surface area contributed by atoms with Gasteiger partial charge in [-0.2, -0.15) is 0 Å². The average Bonchev–Trinajstić information content (AvgIpc) is 2.51. The Bertz CT molecular complexity index is 677. The molecule has 22 heavy (non-hydrogen) atoms. The van der Waals surface area contributed by atoms with Gasteiger partial charge in [-0.3, -0.25) is 4.79 Å². The fraction of sp³-hybridized carbons (Fsp3) is 0.389. The molecule has 3 rings (SSSR count). The lowest BCUT2D eigenvalue weighted by Crippen LogP contribution is -2.41. The van der Waals surface area contributed by atoms with Crippen LogP contribution >= 0.6 is 0 Å². The zero-order valence-electron chi connectivity index (χ0n) is 12.7.